The van der Waals surface area contributed by atoms with E-state index in [1.54, 1.807) is 12.1 Å². The molecule has 2 N–H and O–H groups in total. The van der Waals surface area contributed by atoms with Crippen molar-refractivity contribution < 1.29 is 19.8 Å². The van der Waals surface area contributed by atoms with Crippen molar-refractivity contribution >= 4 is 43.8 Å². The molecular formula is C24H20Br2O4. The Bertz CT molecular complexity index is 1150. The normalized spacial score (nSPS) is 10.8. The average molecular weight is 532 g/mol. The SMILES string of the molecule is CCc1ccc(-c2ccc(C(=O)O)c(-c3ccc(CC)cc3Br)c2C(=O)O)c(Br)c1. The smallest absolute Gasteiger partial charge is 0.336 e. The minimum Gasteiger partial charge on any atom is -0.478 e. The van der Waals surface area contributed by atoms with Crippen molar-refractivity contribution in [2.45, 2.75) is 26.7 Å². The van der Waals surface area contributed by atoms with Crippen molar-refractivity contribution in [2.75, 3.05) is 0 Å². The van der Waals surface area contributed by atoms with E-state index >= 15 is 0 Å². The molecule has 0 aromatic heterocycles. The van der Waals surface area contributed by atoms with Crippen molar-refractivity contribution in [2.24, 2.45) is 0 Å². The van der Waals surface area contributed by atoms with Crippen LogP contribution in [-0.4, -0.2) is 22.2 Å². The van der Waals surface area contributed by atoms with E-state index in [-0.39, 0.29) is 16.7 Å². The first-order valence-electron chi connectivity index (χ1n) is 9.49. The van der Waals surface area contributed by atoms with Crippen molar-refractivity contribution in [1.29, 1.82) is 0 Å². The molecule has 30 heavy (non-hydrogen) atoms. The second-order valence-electron chi connectivity index (χ2n) is 6.86. The summed E-state index contributed by atoms with van der Waals surface area (Å²) in [4.78, 5) is 24.4. The number of hydrogen-bond acceptors (Lipinski definition) is 2. The number of carboxylic acid groups (broad SMARTS) is 2. The number of carbonyl (C=O) groups is 2. The van der Waals surface area contributed by atoms with E-state index in [2.05, 4.69) is 31.9 Å². The predicted octanol–water partition coefficient (Wildman–Crippen LogP) is 7.07. The first-order chi connectivity index (χ1) is 14.3. The lowest BCUT2D eigenvalue weighted by Crippen LogP contribution is -2.09. The molecule has 0 radical (unpaired) electrons. The Kier molecular flexibility index (Phi) is 6.78. The van der Waals surface area contributed by atoms with Gasteiger partial charge in [0.2, 0.25) is 0 Å². The van der Waals surface area contributed by atoms with Gasteiger partial charge >= 0.3 is 11.9 Å². The monoisotopic (exact) mass is 530 g/mol. The van der Waals surface area contributed by atoms with Crippen LogP contribution in [0.3, 0.4) is 0 Å². The number of aromatic carboxylic acids is 2. The van der Waals surface area contributed by atoms with Gasteiger partial charge in [0.1, 0.15) is 0 Å². The molecule has 0 saturated heterocycles. The lowest BCUT2D eigenvalue weighted by Gasteiger charge is -2.18. The van der Waals surface area contributed by atoms with Gasteiger partial charge in [-0.1, -0.05) is 76.0 Å². The Morgan fingerprint density at radius 3 is 1.67 bits per heavy atom. The van der Waals surface area contributed by atoms with Gasteiger partial charge in [0.05, 0.1) is 11.1 Å². The highest BCUT2D eigenvalue weighted by molar-refractivity contribution is 9.11. The van der Waals surface area contributed by atoms with Crippen molar-refractivity contribution in [3.8, 4) is 22.3 Å². The molecule has 3 rings (SSSR count). The first-order valence-corrected chi connectivity index (χ1v) is 11.1. The first kappa shape index (κ1) is 22.2. The number of rotatable bonds is 6. The summed E-state index contributed by atoms with van der Waals surface area (Å²) in [5.41, 5.74) is 3.97. The Labute approximate surface area is 191 Å². The van der Waals surface area contributed by atoms with Gasteiger partial charge in [-0.2, -0.15) is 0 Å². The van der Waals surface area contributed by atoms with Gasteiger partial charge in [0, 0.05) is 14.5 Å². The van der Waals surface area contributed by atoms with Crippen molar-refractivity contribution in [3.05, 3.63) is 79.7 Å². The van der Waals surface area contributed by atoms with Crippen LogP contribution in [0.5, 0.6) is 0 Å². The Morgan fingerprint density at radius 1 is 0.733 bits per heavy atom. The van der Waals surface area contributed by atoms with E-state index in [1.165, 1.54) is 6.07 Å². The van der Waals surface area contributed by atoms with Crippen LogP contribution in [0.2, 0.25) is 0 Å². The van der Waals surface area contributed by atoms with E-state index in [9.17, 15) is 19.8 Å². The maximum atomic E-state index is 12.4. The lowest BCUT2D eigenvalue weighted by atomic mass is 9.87. The fourth-order valence-electron chi connectivity index (χ4n) is 3.49. The van der Waals surface area contributed by atoms with Gasteiger partial charge in [-0.15, -0.1) is 0 Å². The molecule has 154 valence electrons. The zero-order chi connectivity index (χ0) is 22.0. The number of aryl methyl sites for hydroxylation is 2. The van der Waals surface area contributed by atoms with Crippen LogP contribution in [0.4, 0.5) is 0 Å². The van der Waals surface area contributed by atoms with Crippen molar-refractivity contribution in [1.82, 2.24) is 0 Å². The fraction of sp³-hybridized carbons (Fsp3) is 0.167. The molecule has 0 fully saturated rings. The minimum atomic E-state index is -1.18. The fourth-order valence-corrected chi connectivity index (χ4v) is 4.75. The third kappa shape index (κ3) is 4.20. The quantitative estimate of drug-likeness (QED) is 0.356. The molecular weight excluding hydrogens is 512 g/mol. The molecule has 0 unspecified atom stereocenters. The van der Waals surface area contributed by atoms with Gasteiger partial charge in [-0.3, -0.25) is 0 Å². The highest BCUT2D eigenvalue weighted by atomic mass is 79.9. The summed E-state index contributed by atoms with van der Waals surface area (Å²) in [6, 6.07) is 14.4. The van der Waals surface area contributed by atoms with Gasteiger partial charge in [-0.25, -0.2) is 9.59 Å². The van der Waals surface area contributed by atoms with E-state index in [1.807, 2.05) is 44.2 Å². The van der Waals surface area contributed by atoms with Crippen LogP contribution in [-0.2, 0) is 12.8 Å². The van der Waals surface area contributed by atoms with Crippen LogP contribution < -0.4 is 0 Å². The molecule has 3 aromatic carbocycles. The molecule has 0 amide bonds. The summed E-state index contributed by atoms with van der Waals surface area (Å²) in [7, 11) is 0. The Morgan fingerprint density at radius 2 is 1.23 bits per heavy atom. The van der Waals surface area contributed by atoms with Crippen LogP contribution in [0.1, 0.15) is 45.7 Å². The van der Waals surface area contributed by atoms with E-state index in [4.69, 9.17) is 0 Å². The number of hydrogen-bond donors (Lipinski definition) is 2. The van der Waals surface area contributed by atoms with Crippen LogP contribution in [0.15, 0.2) is 57.5 Å². The summed E-state index contributed by atoms with van der Waals surface area (Å²) in [5.74, 6) is -2.35. The third-order valence-corrected chi connectivity index (χ3v) is 6.40. The van der Waals surface area contributed by atoms with E-state index in [0.717, 1.165) is 28.4 Å². The topological polar surface area (TPSA) is 74.6 Å². The standard InChI is InChI=1S/C24H20Br2O4/c1-3-13-5-7-15(19(25)11-13)16-9-10-18(23(27)28)21(22(16)24(29)30)17-8-6-14(4-2)12-20(17)26/h5-12H,3-4H2,1-2H3,(H,27,28)(H,29,30). The number of halogens is 2. The number of carboxylic acids is 2. The molecule has 0 saturated carbocycles. The third-order valence-electron chi connectivity index (χ3n) is 5.09. The second kappa shape index (κ2) is 9.14. The Balaban J connectivity index is 2.40. The van der Waals surface area contributed by atoms with Crippen LogP contribution >= 0.6 is 31.9 Å². The molecule has 0 aliphatic carbocycles. The summed E-state index contributed by atoms with van der Waals surface area (Å²) >= 11 is 7.06. The maximum absolute atomic E-state index is 12.4. The van der Waals surface area contributed by atoms with Crippen molar-refractivity contribution in [3.63, 3.8) is 0 Å². The zero-order valence-electron chi connectivity index (χ0n) is 16.5. The predicted molar refractivity (Wildman–Crippen MR) is 125 cm³/mol. The molecule has 0 bridgehead atoms. The highest BCUT2D eigenvalue weighted by Gasteiger charge is 2.26. The van der Waals surface area contributed by atoms with Crippen LogP contribution in [0.25, 0.3) is 22.3 Å². The highest BCUT2D eigenvalue weighted by Crippen LogP contribution is 2.41. The van der Waals surface area contributed by atoms with E-state index < -0.39 is 11.9 Å². The summed E-state index contributed by atoms with van der Waals surface area (Å²) in [5, 5.41) is 19.9. The van der Waals surface area contributed by atoms with Gasteiger partial charge in [-0.05, 0) is 58.9 Å². The lowest BCUT2D eigenvalue weighted by molar-refractivity contribution is 0.0696. The van der Waals surface area contributed by atoms with Crippen LogP contribution in [0, 0.1) is 0 Å². The van der Waals surface area contributed by atoms with Gasteiger partial charge in [0.25, 0.3) is 0 Å². The maximum Gasteiger partial charge on any atom is 0.336 e. The molecule has 0 heterocycles. The molecule has 0 spiro atoms. The second-order valence-corrected chi connectivity index (χ2v) is 8.57. The largest absolute Gasteiger partial charge is 0.478 e. The minimum absolute atomic E-state index is 0.0372. The summed E-state index contributed by atoms with van der Waals surface area (Å²) < 4.78 is 1.42. The molecule has 0 aliphatic heterocycles. The number of benzene rings is 3. The Hall–Kier alpha value is -2.44. The van der Waals surface area contributed by atoms with Gasteiger partial charge in [0.15, 0.2) is 0 Å². The molecule has 3 aromatic rings. The van der Waals surface area contributed by atoms with E-state index in [0.29, 0.717) is 21.2 Å². The molecule has 0 atom stereocenters. The average Bonchev–Trinajstić information content (AvgIpc) is 2.72. The summed E-state index contributed by atoms with van der Waals surface area (Å²) in [6.07, 6.45) is 1.66. The molecule has 6 heteroatoms. The molecule has 4 nitrogen and oxygen atoms in total. The van der Waals surface area contributed by atoms with Gasteiger partial charge < -0.3 is 10.2 Å². The molecule has 0 aliphatic rings. The summed E-state index contributed by atoms with van der Waals surface area (Å²) in [6.45, 7) is 4.06. The zero-order valence-corrected chi connectivity index (χ0v) is 19.7.